The second kappa shape index (κ2) is 11.9. The van der Waals surface area contributed by atoms with Gasteiger partial charge in [0.15, 0.2) is 17.3 Å². The van der Waals surface area contributed by atoms with Gasteiger partial charge in [-0.05, 0) is 24.1 Å². The number of hydrogen-bond acceptors (Lipinski definition) is 8. The molecule has 0 aliphatic carbocycles. The number of ketones is 1. The SMILES string of the molecule is COc1ccc(CCC(=O)c2c(O)cc(OCCNS(=O)(=O)O)cc2O)cc1O.[K+]. The normalized spacial score (nSPS) is 10.9. The Morgan fingerprint density at radius 2 is 1.70 bits per heavy atom. The number of carbonyl (C=O) groups is 1. The number of aromatic hydroxyl groups is 3. The van der Waals surface area contributed by atoms with Gasteiger partial charge < -0.3 is 24.8 Å². The van der Waals surface area contributed by atoms with Crippen LogP contribution < -0.4 is 65.6 Å². The predicted octanol–water partition coefficient (Wildman–Crippen LogP) is -1.60. The van der Waals surface area contributed by atoms with E-state index in [1.807, 2.05) is 0 Å². The van der Waals surface area contributed by atoms with Crippen molar-refractivity contribution in [2.45, 2.75) is 12.8 Å². The van der Waals surface area contributed by atoms with Gasteiger partial charge in [0.25, 0.3) is 0 Å². The summed E-state index contributed by atoms with van der Waals surface area (Å²) in [6.45, 7) is -0.428. The van der Waals surface area contributed by atoms with Gasteiger partial charge in [-0.1, -0.05) is 6.07 Å². The van der Waals surface area contributed by atoms with Gasteiger partial charge in [0.05, 0.1) is 7.11 Å². The van der Waals surface area contributed by atoms with E-state index in [9.17, 15) is 28.5 Å². The molecular weight excluding hydrogens is 445 g/mol. The molecular formula is C18H21KNO9S+. The Morgan fingerprint density at radius 1 is 1.07 bits per heavy atom. The summed E-state index contributed by atoms with van der Waals surface area (Å²) in [6, 6.07) is 6.93. The average Bonchev–Trinajstić information content (AvgIpc) is 2.62. The zero-order chi connectivity index (χ0) is 21.6. The summed E-state index contributed by atoms with van der Waals surface area (Å²) >= 11 is 0. The Kier molecular flexibility index (Phi) is 10.5. The molecule has 0 aliphatic heterocycles. The molecule has 0 radical (unpaired) electrons. The predicted molar refractivity (Wildman–Crippen MR) is 102 cm³/mol. The largest absolute Gasteiger partial charge is 1.00 e. The second-order valence-corrected chi connectivity index (χ2v) is 7.22. The number of aryl methyl sites for hydroxylation is 1. The Morgan fingerprint density at radius 3 is 2.23 bits per heavy atom. The van der Waals surface area contributed by atoms with Crippen molar-refractivity contribution in [2.24, 2.45) is 0 Å². The first-order valence-electron chi connectivity index (χ1n) is 8.40. The smallest absolute Gasteiger partial charge is 0.507 e. The number of phenols is 3. The quantitative estimate of drug-likeness (QED) is 0.120. The molecule has 0 amide bonds. The Bertz CT molecular complexity index is 972. The van der Waals surface area contributed by atoms with Crippen LogP contribution in [-0.4, -0.2) is 54.3 Å². The number of nitrogens with one attached hydrogen (secondary N) is 1. The number of Topliss-reactive ketones (excluding diaryl/α,β-unsaturated/α-hetero) is 1. The number of hydrogen-bond donors (Lipinski definition) is 5. The molecule has 30 heavy (non-hydrogen) atoms. The van der Waals surface area contributed by atoms with E-state index in [0.29, 0.717) is 11.3 Å². The second-order valence-electron chi connectivity index (χ2n) is 5.98. The summed E-state index contributed by atoms with van der Waals surface area (Å²) in [7, 11) is -2.93. The molecule has 0 aromatic heterocycles. The summed E-state index contributed by atoms with van der Waals surface area (Å²) in [5.41, 5.74) is 0.396. The van der Waals surface area contributed by atoms with E-state index in [2.05, 4.69) is 0 Å². The maximum atomic E-state index is 12.4. The molecule has 5 N–H and O–H groups in total. The standard InChI is InChI=1S/C18H21NO9S.K/c1-27-17-5-3-11(8-14(17)21)2-4-13(20)18-15(22)9-12(10-16(18)23)28-7-6-19-29(24,25)26;/h3,5,8-10,19,21-23H,2,4,6-7H2,1H3,(H,24,25,26);/q;+1. The van der Waals surface area contributed by atoms with Crippen LogP contribution in [0.3, 0.4) is 0 Å². The van der Waals surface area contributed by atoms with Gasteiger partial charge in [-0.25, -0.2) is 0 Å². The molecule has 2 rings (SSSR count). The van der Waals surface area contributed by atoms with Crippen molar-refractivity contribution in [3.63, 3.8) is 0 Å². The van der Waals surface area contributed by atoms with Crippen LogP contribution in [-0.2, 0) is 16.7 Å². The molecule has 0 aliphatic rings. The van der Waals surface area contributed by atoms with Crippen molar-refractivity contribution in [1.29, 1.82) is 0 Å². The van der Waals surface area contributed by atoms with Gasteiger partial charge >= 0.3 is 61.7 Å². The van der Waals surface area contributed by atoms with Crippen LogP contribution in [0.5, 0.6) is 28.7 Å². The first-order chi connectivity index (χ1) is 13.6. The molecule has 2 aromatic carbocycles. The van der Waals surface area contributed by atoms with Crippen LogP contribution in [0.2, 0.25) is 0 Å². The van der Waals surface area contributed by atoms with Crippen molar-refractivity contribution in [2.75, 3.05) is 20.3 Å². The molecule has 0 bridgehead atoms. The molecule has 0 atom stereocenters. The third-order valence-corrected chi connectivity index (χ3v) is 4.46. The van der Waals surface area contributed by atoms with Crippen molar-refractivity contribution >= 4 is 16.1 Å². The van der Waals surface area contributed by atoms with E-state index < -0.39 is 27.6 Å². The minimum atomic E-state index is -4.34. The van der Waals surface area contributed by atoms with E-state index in [4.69, 9.17) is 14.0 Å². The third kappa shape index (κ3) is 8.04. The fourth-order valence-corrected chi connectivity index (χ4v) is 2.91. The van der Waals surface area contributed by atoms with Crippen LogP contribution in [0.4, 0.5) is 0 Å². The zero-order valence-corrected chi connectivity index (χ0v) is 20.4. The fraction of sp³-hybridized carbons (Fsp3) is 0.278. The van der Waals surface area contributed by atoms with Gasteiger partial charge in [0.1, 0.15) is 29.4 Å². The molecule has 158 valence electrons. The van der Waals surface area contributed by atoms with E-state index >= 15 is 0 Å². The van der Waals surface area contributed by atoms with Gasteiger partial charge in [-0.2, -0.15) is 13.1 Å². The molecule has 10 nitrogen and oxygen atoms in total. The molecule has 2 aromatic rings. The van der Waals surface area contributed by atoms with Crippen LogP contribution >= 0.6 is 0 Å². The topological polar surface area (TPSA) is 163 Å². The van der Waals surface area contributed by atoms with E-state index in [1.165, 1.54) is 13.2 Å². The summed E-state index contributed by atoms with van der Waals surface area (Å²) < 4.78 is 41.5. The number of phenolic OH excluding ortho intramolecular Hbond substituents is 3. The number of rotatable bonds is 10. The molecule has 0 saturated heterocycles. The van der Waals surface area contributed by atoms with E-state index in [1.54, 1.807) is 16.9 Å². The van der Waals surface area contributed by atoms with Crippen LogP contribution in [0, 0.1) is 0 Å². The van der Waals surface area contributed by atoms with Gasteiger partial charge in [0, 0.05) is 25.1 Å². The van der Waals surface area contributed by atoms with Gasteiger partial charge in [0.2, 0.25) is 0 Å². The number of methoxy groups -OCH3 is 1. The van der Waals surface area contributed by atoms with Crippen molar-refractivity contribution < 1.29 is 93.9 Å². The number of ether oxygens (including phenoxy) is 2. The van der Waals surface area contributed by atoms with Crippen molar-refractivity contribution in [3.05, 3.63) is 41.5 Å². The summed E-state index contributed by atoms with van der Waals surface area (Å²) in [4.78, 5) is 12.4. The Hall–Kier alpha value is -1.38. The molecule has 0 unspecified atom stereocenters. The first-order valence-corrected chi connectivity index (χ1v) is 9.84. The number of benzene rings is 2. The van der Waals surface area contributed by atoms with Crippen LogP contribution in [0.25, 0.3) is 0 Å². The van der Waals surface area contributed by atoms with Crippen molar-refractivity contribution in [3.8, 4) is 28.7 Å². The molecule has 0 heterocycles. The third-order valence-electron chi connectivity index (χ3n) is 3.89. The summed E-state index contributed by atoms with van der Waals surface area (Å²) in [6.07, 6.45) is 0.222. The Labute approximate surface area is 216 Å². The van der Waals surface area contributed by atoms with Gasteiger partial charge in [-0.3, -0.25) is 9.35 Å². The molecule has 12 heteroatoms. The first kappa shape index (κ1) is 26.7. The van der Waals surface area contributed by atoms with Crippen LogP contribution in [0.1, 0.15) is 22.3 Å². The number of carbonyl (C=O) groups excluding carboxylic acids is 1. The van der Waals surface area contributed by atoms with E-state index in [-0.39, 0.29) is 94.4 Å². The van der Waals surface area contributed by atoms with Crippen molar-refractivity contribution in [1.82, 2.24) is 4.72 Å². The molecule has 0 spiro atoms. The van der Waals surface area contributed by atoms with Gasteiger partial charge in [-0.15, -0.1) is 0 Å². The maximum absolute atomic E-state index is 12.4. The summed E-state index contributed by atoms with van der Waals surface area (Å²) in [5.74, 6) is -1.26. The minimum absolute atomic E-state index is 0. The fourth-order valence-electron chi connectivity index (χ4n) is 2.57. The maximum Gasteiger partial charge on any atom is 1.00 e. The molecule has 0 fully saturated rings. The molecule has 0 saturated carbocycles. The monoisotopic (exact) mass is 466 g/mol. The average molecular weight is 467 g/mol. The zero-order valence-electron chi connectivity index (χ0n) is 16.5. The van der Waals surface area contributed by atoms with E-state index in [0.717, 1.165) is 12.1 Å². The van der Waals surface area contributed by atoms with Crippen LogP contribution in [0.15, 0.2) is 30.3 Å². The summed E-state index contributed by atoms with van der Waals surface area (Å²) in [5, 5.41) is 29.9. The Balaban J connectivity index is 0.00000450. The minimum Gasteiger partial charge on any atom is -0.507 e.